The Morgan fingerprint density at radius 3 is 1.94 bits per heavy atom. The number of nitrogens with two attached hydrogens (primary N) is 1. The minimum Gasteiger partial charge on any atom is -0.373 e. The molecule has 0 aromatic rings. The third kappa shape index (κ3) is 3.44. The Labute approximate surface area is 100 Å². The van der Waals surface area contributed by atoms with Crippen LogP contribution >= 0.6 is 0 Å². The predicted octanol–water partition coefficient (Wildman–Crippen LogP) is 1.86. The fourth-order valence-electron chi connectivity index (χ4n) is 3.11. The number of morpholine rings is 1. The van der Waals surface area contributed by atoms with Crippen molar-refractivity contribution < 1.29 is 4.74 Å². The van der Waals surface area contributed by atoms with E-state index in [0.29, 0.717) is 18.2 Å². The number of ether oxygens (including phenoxy) is 1. The summed E-state index contributed by atoms with van der Waals surface area (Å²) in [5.41, 5.74) is 6.38. The SMILES string of the molecule is CC(N)C(N1C[C@@H](C)O[C@@H](C)C1)C(C)(C)C. The third-order valence-corrected chi connectivity index (χ3v) is 3.23. The lowest BCUT2D eigenvalue weighted by atomic mass is 9.81. The summed E-state index contributed by atoms with van der Waals surface area (Å²) < 4.78 is 5.78. The maximum Gasteiger partial charge on any atom is 0.0678 e. The summed E-state index contributed by atoms with van der Waals surface area (Å²) >= 11 is 0. The van der Waals surface area contributed by atoms with Crippen LogP contribution in [0.15, 0.2) is 0 Å². The molecule has 0 aromatic heterocycles. The van der Waals surface area contributed by atoms with Crippen LogP contribution in [0.4, 0.5) is 0 Å². The van der Waals surface area contributed by atoms with Crippen molar-refractivity contribution in [1.29, 1.82) is 0 Å². The zero-order valence-corrected chi connectivity index (χ0v) is 11.7. The first kappa shape index (κ1) is 13.9. The van der Waals surface area contributed by atoms with Gasteiger partial charge in [-0.05, 0) is 26.2 Å². The first-order valence-corrected chi connectivity index (χ1v) is 6.37. The Balaban J connectivity index is 2.78. The van der Waals surface area contributed by atoms with Gasteiger partial charge in [0.05, 0.1) is 12.2 Å². The number of nitrogens with zero attached hydrogens (tertiary/aromatic N) is 1. The molecule has 3 nitrogen and oxygen atoms in total. The Bertz CT molecular complexity index is 212. The van der Waals surface area contributed by atoms with Crippen LogP contribution in [-0.4, -0.2) is 42.3 Å². The molecule has 3 heteroatoms. The lowest BCUT2D eigenvalue weighted by Crippen LogP contribution is -2.59. The molecule has 16 heavy (non-hydrogen) atoms. The van der Waals surface area contributed by atoms with Gasteiger partial charge in [0.1, 0.15) is 0 Å². The largest absolute Gasteiger partial charge is 0.373 e. The molecule has 0 saturated carbocycles. The van der Waals surface area contributed by atoms with Crippen molar-refractivity contribution in [3.8, 4) is 0 Å². The van der Waals surface area contributed by atoms with Crippen LogP contribution in [0.2, 0.25) is 0 Å². The van der Waals surface area contributed by atoms with Crippen molar-refractivity contribution in [2.75, 3.05) is 13.1 Å². The molecule has 2 unspecified atom stereocenters. The molecular weight excluding hydrogens is 200 g/mol. The summed E-state index contributed by atoms with van der Waals surface area (Å²) in [4.78, 5) is 2.50. The standard InChI is InChI=1S/C13H28N2O/c1-9-7-15(8-10(2)16-9)12(11(3)14)13(4,5)6/h9-12H,7-8,14H2,1-6H3/t9-,10+,11?,12?. The Kier molecular flexibility index (Phi) is 4.38. The molecule has 0 bridgehead atoms. The Morgan fingerprint density at radius 1 is 1.19 bits per heavy atom. The van der Waals surface area contributed by atoms with Gasteiger partial charge in [0.15, 0.2) is 0 Å². The van der Waals surface area contributed by atoms with E-state index in [0.717, 1.165) is 13.1 Å². The van der Waals surface area contributed by atoms with Crippen molar-refractivity contribution in [2.24, 2.45) is 11.1 Å². The van der Waals surface area contributed by atoms with Crippen LogP contribution < -0.4 is 5.73 Å². The fourth-order valence-corrected chi connectivity index (χ4v) is 3.11. The quantitative estimate of drug-likeness (QED) is 0.784. The molecule has 2 N–H and O–H groups in total. The second-order valence-corrected chi connectivity index (χ2v) is 6.38. The Hall–Kier alpha value is -0.120. The topological polar surface area (TPSA) is 38.5 Å². The van der Waals surface area contributed by atoms with Gasteiger partial charge < -0.3 is 10.5 Å². The van der Waals surface area contributed by atoms with Crippen LogP contribution in [0.5, 0.6) is 0 Å². The first-order valence-electron chi connectivity index (χ1n) is 6.37. The molecule has 4 atom stereocenters. The van der Waals surface area contributed by atoms with E-state index < -0.39 is 0 Å². The summed E-state index contributed by atoms with van der Waals surface area (Å²) in [7, 11) is 0. The van der Waals surface area contributed by atoms with Crippen LogP contribution in [0, 0.1) is 5.41 Å². The normalized spacial score (nSPS) is 32.4. The minimum absolute atomic E-state index is 0.192. The third-order valence-electron chi connectivity index (χ3n) is 3.23. The highest BCUT2D eigenvalue weighted by atomic mass is 16.5. The van der Waals surface area contributed by atoms with Crippen LogP contribution in [0.1, 0.15) is 41.5 Å². The van der Waals surface area contributed by atoms with E-state index in [1.54, 1.807) is 0 Å². The van der Waals surface area contributed by atoms with Gasteiger partial charge in [0.2, 0.25) is 0 Å². The number of rotatable bonds is 2. The van der Waals surface area contributed by atoms with E-state index in [9.17, 15) is 0 Å². The lowest BCUT2D eigenvalue weighted by molar-refractivity contribution is -0.0961. The zero-order valence-electron chi connectivity index (χ0n) is 11.7. The van der Waals surface area contributed by atoms with Crippen molar-refractivity contribution in [1.82, 2.24) is 4.90 Å². The van der Waals surface area contributed by atoms with E-state index in [-0.39, 0.29) is 11.5 Å². The van der Waals surface area contributed by atoms with E-state index in [1.165, 1.54) is 0 Å². The molecule has 1 rings (SSSR count). The molecule has 1 fully saturated rings. The molecule has 0 aromatic carbocycles. The highest BCUT2D eigenvalue weighted by Gasteiger charge is 2.36. The predicted molar refractivity (Wildman–Crippen MR) is 68.5 cm³/mol. The maximum atomic E-state index is 6.16. The summed E-state index contributed by atoms with van der Waals surface area (Å²) in [5.74, 6) is 0. The molecule has 0 spiro atoms. The summed E-state index contributed by atoms with van der Waals surface area (Å²) in [6.07, 6.45) is 0.625. The maximum absolute atomic E-state index is 6.16. The summed E-state index contributed by atoms with van der Waals surface area (Å²) in [6, 6.07) is 0.610. The van der Waals surface area contributed by atoms with Gasteiger partial charge in [-0.2, -0.15) is 0 Å². The van der Waals surface area contributed by atoms with Crippen molar-refractivity contribution in [3.63, 3.8) is 0 Å². The van der Waals surface area contributed by atoms with E-state index in [1.807, 2.05) is 0 Å². The molecule has 0 aliphatic carbocycles. The summed E-state index contributed by atoms with van der Waals surface area (Å²) in [5, 5.41) is 0. The monoisotopic (exact) mass is 228 g/mol. The van der Waals surface area contributed by atoms with Gasteiger partial charge in [0.25, 0.3) is 0 Å². The number of hydrogen-bond acceptors (Lipinski definition) is 3. The second kappa shape index (κ2) is 5.03. The molecule has 0 amide bonds. The van der Waals surface area contributed by atoms with Gasteiger partial charge in [-0.15, -0.1) is 0 Å². The smallest absolute Gasteiger partial charge is 0.0678 e. The van der Waals surface area contributed by atoms with Gasteiger partial charge in [-0.3, -0.25) is 4.90 Å². The van der Waals surface area contributed by atoms with E-state index in [4.69, 9.17) is 10.5 Å². The van der Waals surface area contributed by atoms with Gasteiger partial charge in [0, 0.05) is 25.2 Å². The van der Waals surface area contributed by atoms with Gasteiger partial charge in [-0.25, -0.2) is 0 Å². The van der Waals surface area contributed by atoms with Crippen molar-refractivity contribution in [3.05, 3.63) is 0 Å². The average Bonchev–Trinajstić information content (AvgIpc) is 1.96. The minimum atomic E-state index is 0.192. The average molecular weight is 228 g/mol. The van der Waals surface area contributed by atoms with E-state index in [2.05, 4.69) is 46.4 Å². The fraction of sp³-hybridized carbons (Fsp3) is 1.00. The van der Waals surface area contributed by atoms with Crippen LogP contribution in [0.3, 0.4) is 0 Å². The van der Waals surface area contributed by atoms with Crippen molar-refractivity contribution >= 4 is 0 Å². The first-order chi connectivity index (χ1) is 7.21. The van der Waals surface area contributed by atoms with Crippen LogP contribution in [0.25, 0.3) is 0 Å². The van der Waals surface area contributed by atoms with E-state index >= 15 is 0 Å². The van der Waals surface area contributed by atoms with Gasteiger partial charge in [-0.1, -0.05) is 20.8 Å². The second-order valence-electron chi connectivity index (χ2n) is 6.38. The molecule has 96 valence electrons. The summed E-state index contributed by atoms with van der Waals surface area (Å²) in [6.45, 7) is 15.2. The number of hydrogen-bond donors (Lipinski definition) is 1. The highest BCUT2D eigenvalue weighted by Crippen LogP contribution is 2.28. The Morgan fingerprint density at radius 2 is 1.62 bits per heavy atom. The van der Waals surface area contributed by atoms with Crippen molar-refractivity contribution in [2.45, 2.75) is 65.8 Å². The molecular formula is C13H28N2O. The van der Waals surface area contributed by atoms with Gasteiger partial charge >= 0.3 is 0 Å². The molecule has 1 aliphatic heterocycles. The zero-order chi connectivity index (χ0) is 12.5. The molecule has 1 heterocycles. The lowest BCUT2D eigenvalue weighted by Gasteiger charge is -2.47. The molecule has 1 saturated heterocycles. The molecule has 1 aliphatic rings. The van der Waals surface area contributed by atoms with Crippen LogP contribution in [-0.2, 0) is 4.74 Å². The molecule has 0 radical (unpaired) electrons. The highest BCUT2D eigenvalue weighted by molar-refractivity contribution is 4.91.